The first kappa shape index (κ1) is 11.1. The summed E-state index contributed by atoms with van der Waals surface area (Å²) in [5.41, 5.74) is 7.35. The molecule has 1 atom stereocenters. The number of aryl methyl sites for hydroxylation is 1. The van der Waals surface area contributed by atoms with E-state index in [1.165, 1.54) is 5.56 Å². The van der Waals surface area contributed by atoms with Crippen LogP contribution >= 0.6 is 0 Å². The molecule has 18 heavy (non-hydrogen) atoms. The van der Waals surface area contributed by atoms with Gasteiger partial charge in [0.25, 0.3) is 0 Å². The third-order valence-electron chi connectivity index (χ3n) is 3.59. The zero-order valence-corrected chi connectivity index (χ0v) is 10.6. The van der Waals surface area contributed by atoms with Crippen LogP contribution in [0.1, 0.15) is 23.7 Å². The summed E-state index contributed by atoms with van der Waals surface area (Å²) in [7, 11) is 0. The molecule has 0 bridgehead atoms. The molecule has 0 aliphatic carbocycles. The summed E-state index contributed by atoms with van der Waals surface area (Å²) in [6.07, 6.45) is 1.16. The van der Waals surface area contributed by atoms with E-state index in [1.54, 1.807) is 0 Å². The normalized spacial score (nSPS) is 19.4. The topological polar surface area (TPSA) is 57.9 Å². The van der Waals surface area contributed by atoms with Gasteiger partial charge >= 0.3 is 0 Å². The van der Waals surface area contributed by atoms with Crippen LogP contribution in [-0.4, -0.2) is 23.1 Å². The van der Waals surface area contributed by atoms with Crippen molar-refractivity contribution in [2.75, 3.05) is 23.7 Å². The number of imidazole rings is 1. The maximum Gasteiger partial charge on any atom is 0.171 e. The fourth-order valence-electron chi connectivity index (χ4n) is 2.69. The van der Waals surface area contributed by atoms with Crippen LogP contribution in [0.4, 0.5) is 11.6 Å². The fraction of sp³-hybridized carbons (Fsp3) is 0.357. The maximum absolute atomic E-state index is 5.95. The molecule has 4 nitrogen and oxygen atoms in total. The number of hydrogen-bond donors (Lipinski definition) is 2. The Balaban J connectivity index is 1.78. The van der Waals surface area contributed by atoms with Gasteiger partial charge in [-0.05, 0) is 18.9 Å². The Kier molecular flexibility index (Phi) is 2.70. The molecule has 0 radical (unpaired) electrons. The van der Waals surface area contributed by atoms with Gasteiger partial charge in [0, 0.05) is 19.0 Å². The lowest BCUT2D eigenvalue weighted by molar-refractivity contribution is 0.774. The van der Waals surface area contributed by atoms with Gasteiger partial charge in [-0.3, -0.25) is 0 Å². The van der Waals surface area contributed by atoms with E-state index in [0.717, 1.165) is 31.2 Å². The van der Waals surface area contributed by atoms with E-state index in [2.05, 4.69) is 45.2 Å². The molecule has 4 heteroatoms. The zero-order chi connectivity index (χ0) is 12.5. The molecule has 1 aliphatic heterocycles. The first-order chi connectivity index (χ1) is 8.74. The Labute approximate surface area is 107 Å². The van der Waals surface area contributed by atoms with Crippen LogP contribution in [0.15, 0.2) is 30.3 Å². The molecule has 1 fully saturated rings. The van der Waals surface area contributed by atoms with Gasteiger partial charge in [-0.15, -0.1) is 0 Å². The zero-order valence-electron chi connectivity index (χ0n) is 10.6. The van der Waals surface area contributed by atoms with E-state index >= 15 is 0 Å². The van der Waals surface area contributed by atoms with Crippen molar-refractivity contribution in [2.24, 2.45) is 0 Å². The number of hydrogen-bond acceptors (Lipinski definition) is 3. The van der Waals surface area contributed by atoms with Crippen LogP contribution in [0.3, 0.4) is 0 Å². The van der Waals surface area contributed by atoms with E-state index in [4.69, 9.17) is 5.73 Å². The summed E-state index contributed by atoms with van der Waals surface area (Å²) in [5.74, 6) is 3.06. The number of nitrogens with one attached hydrogen (secondary N) is 1. The van der Waals surface area contributed by atoms with Crippen LogP contribution in [0.2, 0.25) is 0 Å². The minimum Gasteiger partial charge on any atom is -0.382 e. The molecule has 2 aromatic rings. The largest absolute Gasteiger partial charge is 0.382 e. The average molecular weight is 242 g/mol. The van der Waals surface area contributed by atoms with Gasteiger partial charge in [0.2, 0.25) is 0 Å². The molecule has 3 N–H and O–H groups in total. The second-order valence-electron chi connectivity index (χ2n) is 4.90. The summed E-state index contributed by atoms with van der Waals surface area (Å²) in [5, 5.41) is 0. The van der Waals surface area contributed by atoms with Crippen molar-refractivity contribution in [3.05, 3.63) is 41.7 Å². The monoisotopic (exact) mass is 242 g/mol. The average Bonchev–Trinajstić information content (AvgIpc) is 2.97. The quantitative estimate of drug-likeness (QED) is 0.849. The number of aromatic amines is 1. The number of rotatable bonds is 2. The molecule has 0 spiro atoms. The lowest BCUT2D eigenvalue weighted by atomic mass is 9.99. The summed E-state index contributed by atoms with van der Waals surface area (Å²) >= 11 is 0. The molecule has 1 aromatic heterocycles. The highest BCUT2D eigenvalue weighted by Crippen LogP contribution is 2.32. The van der Waals surface area contributed by atoms with Crippen LogP contribution < -0.4 is 10.6 Å². The van der Waals surface area contributed by atoms with Crippen molar-refractivity contribution in [3.63, 3.8) is 0 Å². The van der Waals surface area contributed by atoms with Gasteiger partial charge in [-0.1, -0.05) is 30.3 Å². The van der Waals surface area contributed by atoms with Crippen molar-refractivity contribution in [3.8, 4) is 0 Å². The van der Waals surface area contributed by atoms with E-state index in [0.29, 0.717) is 11.7 Å². The predicted molar refractivity (Wildman–Crippen MR) is 73.8 cm³/mol. The van der Waals surface area contributed by atoms with Crippen molar-refractivity contribution in [2.45, 2.75) is 19.3 Å². The van der Waals surface area contributed by atoms with Crippen molar-refractivity contribution in [1.82, 2.24) is 9.97 Å². The second-order valence-corrected chi connectivity index (χ2v) is 4.90. The summed E-state index contributed by atoms with van der Waals surface area (Å²) in [6.45, 7) is 3.96. The summed E-state index contributed by atoms with van der Waals surface area (Å²) in [4.78, 5) is 9.80. The number of nitrogens with zero attached hydrogens (tertiary/aromatic N) is 2. The van der Waals surface area contributed by atoms with Gasteiger partial charge in [0.1, 0.15) is 11.6 Å². The Hall–Kier alpha value is -1.97. The lowest BCUT2D eigenvalue weighted by Gasteiger charge is -2.16. The highest BCUT2D eigenvalue weighted by atomic mass is 15.2. The Bertz CT molecular complexity index is 532. The van der Waals surface area contributed by atoms with Gasteiger partial charge in [0.05, 0.1) is 0 Å². The second kappa shape index (κ2) is 4.37. The fourth-order valence-corrected chi connectivity index (χ4v) is 2.69. The minimum absolute atomic E-state index is 0.586. The number of H-pyrrole nitrogens is 1. The molecule has 0 saturated carbocycles. The standard InChI is InChI=1S/C14H18N4/c1-10-16-13(15)14(17-10)18-8-7-12(9-18)11-5-3-2-4-6-11/h2-6,12H,7-9,15H2,1H3,(H,16,17). The van der Waals surface area contributed by atoms with Gasteiger partial charge in [-0.25, -0.2) is 4.98 Å². The van der Waals surface area contributed by atoms with Crippen molar-refractivity contribution >= 4 is 11.6 Å². The van der Waals surface area contributed by atoms with Gasteiger partial charge in [-0.2, -0.15) is 0 Å². The summed E-state index contributed by atoms with van der Waals surface area (Å²) < 4.78 is 0. The van der Waals surface area contributed by atoms with Crippen molar-refractivity contribution in [1.29, 1.82) is 0 Å². The predicted octanol–water partition coefficient (Wildman–Crippen LogP) is 2.29. The maximum atomic E-state index is 5.95. The van der Waals surface area contributed by atoms with Crippen LogP contribution in [-0.2, 0) is 0 Å². The molecule has 94 valence electrons. The molecule has 2 heterocycles. The third-order valence-corrected chi connectivity index (χ3v) is 3.59. The molecule has 1 aromatic carbocycles. The molecule has 0 amide bonds. The Morgan fingerprint density at radius 2 is 2.11 bits per heavy atom. The number of aromatic nitrogens is 2. The minimum atomic E-state index is 0.586. The van der Waals surface area contributed by atoms with E-state index in [-0.39, 0.29) is 0 Å². The number of nitrogen functional groups attached to an aromatic ring is 1. The van der Waals surface area contributed by atoms with E-state index in [1.807, 2.05) is 6.92 Å². The van der Waals surface area contributed by atoms with E-state index < -0.39 is 0 Å². The molecular formula is C14H18N4. The first-order valence-corrected chi connectivity index (χ1v) is 6.36. The Morgan fingerprint density at radius 1 is 1.33 bits per heavy atom. The molecule has 1 aliphatic rings. The number of benzene rings is 1. The van der Waals surface area contributed by atoms with Gasteiger partial charge in [0.15, 0.2) is 5.82 Å². The Morgan fingerprint density at radius 3 is 2.78 bits per heavy atom. The highest BCUT2D eigenvalue weighted by Gasteiger charge is 2.26. The van der Waals surface area contributed by atoms with Crippen molar-refractivity contribution < 1.29 is 0 Å². The smallest absolute Gasteiger partial charge is 0.171 e. The molecule has 1 unspecified atom stereocenters. The highest BCUT2D eigenvalue weighted by molar-refractivity contribution is 5.60. The SMILES string of the molecule is Cc1nc(N2CCC(c3ccccc3)C2)c(N)[nH]1. The lowest BCUT2D eigenvalue weighted by Crippen LogP contribution is -2.20. The van der Waals surface area contributed by atoms with Crippen LogP contribution in [0.5, 0.6) is 0 Å². The van der Waals surface area contributed by atoms with Gasteiger partial charge < -0.3 is 15.6 Å². The van der Waals surface area contributed by atoms with Crippen LogP contribution in [0, 0.1) is 6.92 Å². The molecular weight excluding hydrogens is 224 g/mol. The van der Waals surface area contributed by atoms with Crippen LogP contribution in [0.25, 0.3) is 0 Å². The molecule has 3 rings (SSSR count). The summed E-state index contributed by atoms with van der Waals surface area (Å²) in [6, 6.07) is 10.7. The molecule has 1 saturated heterocycles. The number of anilines is 2. The first-order valence-electron chi connectivity index (χ1n) is 6.36. The van der Waals surface area contributed by atoms with E-state index in [9.17, 15) is 0 Å². The third kappa shape index (κ3) is 1.94. The number of nitrogens with two attached hydrogens (primary N) is 1.